The molecule has 2 N–H and O–H groups in total. The molecule has 1 aromatic heterocycles. The molecule has 0 bridgehead atoms. The maximum Gasteiger partial charge on any atom is 0.360 e. The summed E-state index contributed by atoms with van der Waals surface area (Å²) in [5.41, 5.74) is 7.36. The van der Waals surface area contributed by atoms with E-state index in [2.05, 4.69) is 4.98 Å². The van der Waals surface area contributed by atoms with Crippen LogP contribution >= 0.6 is 0 Å². The molecule has 0 aliphatic carbocycles. The van der Waals surface area contributed by atoms with Gasteiger partial charge in [0.15, 0.2) is 11.8 Å². The Bertz CT molecular complexity index is 917. The topological polar surface area (TPSA) is 99.7 Å². The molecule has 0 saturated carbocycles. The first kappa shape index (κ1) is 19.3. The van der Waals surface area contributed by atoms with E-state index in [-0.39, 0.29) is 30.2 Å². The highest BCUT2D eigenvalue weighted by molar-refractivity contribution is 5.92. The van der Waals surface area contributed by atoms with Crippen molar-refractivity contribution in [2.24, 2.45) is 0 Å². The Balaban J connectivity index is 1.39. The van der Waals surface area contributed by atoms with Crippen LogP contribution < -0.4 is 10.5 Å². The van der Waals surface area contributed by atoms with E-state index in [1.807, 2.05) is 40.7 Å². The van der Waals surface area contributed by atoms with Crippen LogP contribution in [0, 0.1) is 0 Å². The zero-order chi connectivity index (χ0) is 20.5. The summed E-state index contributed by atoms with van der Waals surface area (Å²) in [6.45, 7) is 5.27. The first-order chi connectivity index (χ1) is 14.0. The van der Waals surface area contributed by atoms with Gasteiger partial charge >= 0.3 is 5.97 Å². The lowest BCUT2D eigenvalue weighted by Crippen LogP contribution is -2.46. The fourth-order valence-electron chi connectivity index (χ4n) is 4.19. The molecule has 8 nitrogen and oxygen atoms in total. The number of aromatic nitrogens is 2. The fraction of sp³-hybridized carbons (Fsp3) is 0.476. The zero-order valence-corrected chi connectivity index (χ0v) is 16.7. The molecular formula is C21H26N4O4. The molecule has 2 aliphatic rings. The molecule has 1 fully saturated rings. The van der Waals surface area contributed by atoms with Crippen LogP contribution in [0.5, 0.6) is 5.75 Å². The number of hydrogen-bond donors (Lipinski definition) is 1. The number of carbonyl (C=O) groups is 2. The second-order valence-corrected chi connectivity index (χ2v) is 7.53. The van der Waals surface area contributed by atoms with Gasteiger partial charge in [0, 0.05) is 30.6 Å². The van der Waals surface area contributed by atoms with E-state index in [4.69, 9.17) is 15.2 Å². The van der Waals surface area contributed by atoms with E-state index in [0.717, 1.165) is 24.2 Å². The van der Waals surface area contributed by atoms with Gasteiger partial charge in [0.05, 0.1) is 12.9 Å². The number of ether oxygens (including phenoxy) is 2. The third-order valence-corrected chi connectivity index (χ3v) is 5.83. The molecule has 2 aliphatic heterocycles. The van der Waals surface area contributed by atoms with Crippen LogP contribution in [0.15, 0.2) is 30.6 Å². The molecular weight excluding hydrogens is 372 g/mol. The Morgan fingerprint density at radius 3 is 2.69 bits per heavy atom. The molecule has 3 heterocycles. The molecule has 0 radical (unpaired) electrons. The van der Waals surface area contributed by atoms with Gasteiger partial charge in [0.1, 0.15) is 11.6 Å². The maximum atomic E-state index is 13.1. The molecule has 1 aromatic carbocycles. The van der Waals surface area contributed by atoms with Crippen LogP contribution in [0.1, 0.15) is 54.7 Å². The Labute approximate surface area is 169 Å². The number of hydrogen-bond acceptors (Lipinski definition) is 6. The SMILES string of the molecule is CCOC(=O)c1ncn(C2CCN(C(=O)[C@@H]3Oc4ccccc4[C@@H]3C)CC2)c1N. The number of carbonyl (C=O) groups excluding carboxylic acids is 2. The molecule has 2 atom stereocenters. The van der Waals surface area contributed by atoms with Gasteiger partial charge in [0.25, 0.3) is 5.91 Å². The van der Waals surface area contributed by atoms with Crippen molar-refractivity contribution in [1.29, 1.82) is 0 Å². The summed E-state index contributed by atoms with van der Waals surface area (Å²) in [4.78, 5) is 31.0. The summed E-state index contributed by atoms with van der Waals surface area (Å²) in [6.07, 6.45) is 2.59. The van der Waals surface area contributed by atoms with E-state index in [1.165, 1.54) is 0 Å². The molecule has 4 rings (SSSR count). The molecule has 154 valence electrons. The molecule has 29 heavy (non-hydrogen) atoms. The van der Waals surface area contributed by atoms with E-state index >= 15 is 0 Å². The molecule has 2 aromatic rings. The first-order valence-corrected chi connectivity index (χ1v) is 10.0. The number of rotatable bonds is 4. The van der Waals surface area contributed by atoms with Gasteiger partial charge in [-0.05, 0) is 25.8 Å². The average molecular weight is 398 g/mol. The van der Waals surface area contributed by atoms with Crippen LogP contribution in [0.3, 0.4) is 0 Å². The molecule has 0 spiro atoms. The van der Waals surface area contributed by atoms with Crippen molar-refractivity contribution in [1.82, 2.24) is 14.5 Å². The van der Waals surface area contributed by atoms with Crippen molar-refractivity contribution in [3.8, 4) is 5.75 Å². The Hall–Kier alpha value is -3.03. The number of anilines is 1. The average Bonchev–Trinajstić information content (AvgIpc) is 3.28. The third-order valence-electron chi connectivity index (χ3n) is 5.83. The quantitative estimate of drug-likeness (QED) is 0.794. The van der Waals surface area contributed by atoms with Gasteiger partial charge in [-0.15, -0.1) is 0 Å². The van der Waals surface area contributed by atoms with Gasteiger partial charge in [-0.3, -0.25) is 4.79 Å². The number of likely N-dealkylation sites (tertiary alicyclic amines) is 1. The summed E-state index contributed by atoms with van der Waals surface area (Å²) in [6, 6.07) is 7.91. The third kappa shape index (κ3) is 3.43. The van der Waals surface area contributed by atoms with Crippen molar-refractivity contribution in [3.63, 3.8) is 0 Å². The molecule has 1 amide bonds. The second-order valence-electron chi connectivity index (χ2n) is 7.53. The standard InChI is InChI=1S/C21H26N4O4/c1-3-28-21(27)17-19(22)25(12-23-17)14-8-10-24(11-9-14)20(26)18-13(2)15-6-4-5-7-16(15)29-18/h4-7,12-14,18H,3,8-11,22H2,1-2H3/t13-,18+/m0/s1. The monoisotopic (exact) mass is 398 g/mol. The van der Waals surface area contributed by atoms with E-state index in [1.54, 1.807) is 13.3 Å². The number of piperidine rings is 1. The minimum absolute atomic E-state index is 0.0259. The molecule has 0 unspecified atom stereocenters. The van der Waals surface area contributed by atoms with E-state index < -0.39 is 12.1 Å². The number of amides is 1. The smallest absolute Gasteiger partial charge is 0.360 e. The van der Waals surface area contributed by atoms with Crippen molar-refractivity contribution in [2.45, 2.75) is 44.8 Å². The predicted octanol–water partition coefficient (Wildman–Crippen LogP) is 2.37. The Morgan fingerprint density at radius 1 is 1.28 bits per heavy atom. The lowest BCUT2D eigenvalue weighted by Gasteiger charge is -2.34. The van der Waals surface area contributed by atoms with E-state index in [0.29, 0.717) is 18.9 Å². The minimum atomic E-state index is -0.511. The van der Waals surface area contributed by atoms with Crippen molar-refractivity contribution in [2.75, 3.05) is 25.4 Å². The van der Waals surface area contributed by atoms with Crippen molar-refractivity contribution in [3.05, 3.63) is 41.9 Å². The highest BCUT2D eigenvalue weighted by Crippen LogP contribution is 2.39. The van der Waals surface area contributed by atoms with Gasteiger partial charge in [-0.1, -0.05) is 25.1 Å². The zero-order valence-electron chi connectivity index (χ0n) is 16.7. The van der Waals surface area contributed by atoms with Crippen molar-refractivity contribution >= 4 is 17.7 Å². The Morgan fingerprint density at radius 2 is 2.00 bits per heavy atom. The van der Waals surface area contributed by atoms with Crippen LogP contribution in [-0.4, -0.2) is 52.1 Å². The first-order valence-electron chi connectivity index (χ1n) is 10.0. The van der Waals surface area contributed by atoms with Crippen molar-refractivity contribution < 1.29 is 19.1 Å². The van der Waals surface area contributed by atoms with Crippen LogP contribution in [0.2, 0.25) is 0 Å². The van der Waals surface area contributed by atoms with E-state index in [9.17, 15) is 9.59 Å². The number of nitrogen functional groups attached to an aromatic ring is 1. The minimum Gasteiger partial charge on any atom is -0.480 e. The number of para-hydroxylation sites is 1. The molecule has 8 heteroatoms. The number of esters is 1. The highest BCUT2D eigenvalue weighted by atomic mass is 16.5. The number of nitrogens with two attached hydrogens (primary N) is 1. The summed E-state index contributed by atoms with van der Waals surface area (Å²) < 4.78 is 12.7. The summed E-state index contributed by atoms with van der Waals surface area (Å²) in [7, 11) is 0. The second kappa shape index (κ2) is 7.77. The summed E-state index contributed by atoms with van der Waals surface area (Å²) in [5.74, 6) is 0.663. The predicted molar refractivity (Wildman–Crippen MR) is 107 cm³/mol. The maximum absolute atomic E-state index is 13.1. The summed E-state index contributed by atoms with van der Waals surface area (Å²) in [5, 5.41) is 0. The van der Waals surface area contributed by atoms with Crippen LogP contribution in [-0.2, 0) is 9.53 Å². The molecule has 1 saturated heterocycles. The van der Waals surface area contributed by atoms with Crippen LogP contribution in [0.4, 0.5) is 5.82 Å². The normalized spacial score (nSPS) is 21.5. The fourth-order valence-corrected chi connectivity index (χ4v) is 4.19. The van der Waals surface area contributed by atoms with Crippen LogP contribution in [0.25, 0.3) is 0 Å². The summed E-state index contributed by atoms with van der Waals surface area (Å²) >= 11 is 0. The lowest BCUT2D eigenvalue weighted by molar-refractivity contribution is -0.140. The Kier molecular flexibility index (Phi) is 5.17. The van der Waals surface area contributed by atoms with Gasteiger partial charge in [-0.2, -0.15) is 0 Å². The number of nitrogens with zero attached hydrogens (tertiary/aromatic N) is 3. The number of fused-ring (bicyclic) bond motifs is 1. The van der Waals surface area contributed by atoms with Gasteiger partial charge in [-0.25, -0.2) is 9.78 Å². The number of imidazole rings is 1. The lowest BCUT2D eigenvalue weighted by atomic mass is 9.96. The number of benzene rings is 1. The largest absolute Gasteiger partial charge is 0.480 e. The highest BCUT2D eigenvalue weighted by Gasteiger charge is 2.39. The van der Waals surface area contributed by atoms with Gasteiger partial charge < -0.3 is 24.7 Å². The van der Waals surface area contributed by atoms with Gasteiger partial charge in [0.2, 0.25) is 0 Å².